The largest absolute Gasteiger partial charge is 0.476 e. The van der Waals surface area contributed by atoms with E-state index >= 15 is 0 Å². The van der Waals surface area contributed by atoms with Crippen LogP contribution in [0.1, 0.15) is 55.9 Å². The third kappa shape index (κ3) is 2.14. The standard InChI is InChI=1S/C12H17NO4/c1-3-16-10-8(9(14)15)13-11(17-10)12(2)6-4-5-7-12/h3-7H2,1-2H3,(H,14,15). The number of aromatic carboxylic acids is 1. The number of hydrogen-bond acceptors (Lipinski definition) is 4. The predicted molar refractivity (Wildman–Crippen MR) is 60.5 cm³/mol. The summed E-state index contributed by atoms with van der Waals surface area (Å²) in [6.07, 6.45) is 4.23. The van der Waals surface area contributed by atoms with Gasteiger partial charge in [0.2, 0.25) is 11.6 Å². The molecule has 0 spiro atoms. The SMILES string of the molecule is CCOc1oc(C2(C)CCCC2)nc1C(=O)O. The van der Waals surface area contributed by atoms with Crippen molar-refractivity contribution in [1.29, 1.82) is 0 Å². The van der Waals surface area contributed by atoms with E-state index in [1.807, 2.05) is 0 Å². The van der Waals surface area contributed by atoms with E-state index in [1.165, 1.54) is 0 Å². The zero-order valence-corrected chi connectivity index (χ0v) is 10.2. The molecule has 1 heterocycles. The molecule has 1 aliphatic rings. The van der Waals surface area contributed by atoms with Gasteiger partial charge in [-0.15, -0.1) is 0 Å². The first kappa shape index (κ1) is 12.0. The molecule has 0 amide bonds. The number of nitrogens with zero attached hydrogens (tertiary/aromatic N) is 1. The Morgan fingerprint density at radius 1 is 1.53 bits per heavy atom. The third-order valence-corrected chi connectivity index (χ3v) is 3.30. The molecule has 1 aromatic rings. The summed E-state index contributed by atoms with van der Waals surface area (Å²) in [5.74, 6) is -0.580. The Balaban J connectivity index is 2.36. The molecular weight excluding hydrogens is 222 g/mol. The summed E-state index contributed by atoms with van der Waals surface area (Å²) < 4.78 is 10.7. The molecule has 0 saturated heterocycles. The van der Waals surface area contributed by atoms with Crippen LogP contribution in [0.4, 0.5) is 0 Å². The Kier molecular flexibility index (Phi) is 3.09. The molecule has 2 rings (SSSR count). The quantitative estimate of drug-likeness (QED) is 0.874. The number of hydrogen-bond donors (Lipinski definition) is 1. The molecule has 1 aliphatic carbocycles. The van der Waals surface area contributed by atoms with Crippen molar-refractivity contribution in [2.45, 2.75) is 44.9 Å². The van der Waals surface area contributed by atoms with E-state index in [1.54, 1.807) is 6.92 Å². The van der Waals surface area contributed by atoms with E-state index in [-0.39, 0.29) is 17.1 Å². The lowest BCUT2D eigenvalue weighted by molar-refractivity contribution is 0.0683. The van der Waals surface area contributed by atoms with E-state index in [9.17, 15) is 4.79 Å². The lowest BCUT2D eigenvalue weighted by atomic mass is 9.89. The maximum absolute atomic E-state index is 11.0. The van der Waals surface area contributed by atoms with Crippen LogP contribution in [-0.2, 0) is 5.41 Å². The second-order valence-corrected chi connectivity index (χ2v) is 4.66. The highest BCUT2D eigenvalue weighted by Crippen LogP contribution is 2.41. The molecule has 94 valence electrons. The van der Waals surface area contributed by atoms with Crippen LogP contribution in [0, 0.1) is 0 Å². The van der Waals surface area contributed by atoms with Crippen LogP contribution in [0.3, 0.4) is 0 Å². The van der Waals surface area contributed by atoms with Crippen LogP contribution in [0.25, 0.3) is 0 Å². The minimum atomic E-state index is -1.11. The Morgan fingerprint density at radius 2 is 2.18 bits per heavy atom. The van der Waals surface area contributed by atoms with Gasteiger partial charge in [0, 0.05) is 5.41 Å². The third-order valence-electron chi connectivity index (χ3n) is 3.30. The molecule has 1 fully saturated rings. The number of carboxylic acid groups (broad SMARTS) is 1. The highest BCUT2D eigenvalue weighted by molar-refractivity contribution is 5.87. The summed E-state index contributed by atoms with van der Waals surface area (Å²) in [5, 5.41) is 9.03. The molecule has 5 nitrogen and oxygen atoms in total. The van der Waals surface area contributed by atoms with Gasteiger partial charge in [0.1, 0.15) is 0 Å². The van der Waals surface area contributed by atoms with Crippen molar-refractivity contribution < 1.29 is 19.1 Å². The second kappa shape index (κ2) is 4.39. The van der Waals surface area contributed by atoms with Gasteiger partial charge in [-0.1, -0.05) is 19.8 Å². The number of carboxylic acids is 1. The Bertz CT molecular complexity index is 418. The fourth-order valence-electron chi connectivity index (χ4n) is 2.30. The molecule has 0 unspecified atom stereocenters. The molecule has 5 heteroatoms. The number of ether oxygens (including phenoxy) is 1. The number of aromatic nitrogens is 1. The fraction of sp³-hybridized carbons (Fsp3) is 0.667. The molecule has 0 bridgehead atoms. The molecule has 0 radical (unpaired) electrons. The molecule has 0 aromatic carbocycles. The zero-order chi connectivity index (χ0) is 12.5. The fourth-order valence-corrected chi connectivity index (χ4v) is 2.30. The van der Waals surface area contributed by atoms with Gasteiger partial charge in [-0.25, -0.2) is 9.78 Å². The van der Waals surface area contributed by atoms with E-state index < -0.39 is 5.97 Å². The summed E-state index contributed by atoms with van der Waals surface area (Å²) in [5.41, 5.74) is -0.255. The summed E-state index contributed by atoms with van der Waals surface area (Å²) in [6, 6.07) is 0. The van der Waals surface area contributed by atoms with Crippen LogP contribution in [0.5, 0.6) is 5.95 Å². The van der Waals surface area contributed by atoms with E-state index in [2.05, 4.69) is 11.9 Å². The summed E-state index contributed by atoms with van der Waals surface area (Å²) in [7, 11) is 0. The number of rotatable bonds is 4. The van der Waals surface area contributed by atoms with Crippen molar-refractivity contribution in [3.8, 4) is 5.95 Å². The van der Waals surface area contributed by atoms with Gasteiger partial charge in [-0.2, -0.15) is 0 Å². The maximum atomic E-state index is 11.0. The first-order valence-electron chi connectivity index (χ1n) is 5.94. The Labute approximate surface area is 99.8 Å². The van der Waals surface area contributed by atoms with Crippen LogP contribution in [-0.4, -0.2) is 22.7 Å². The molecule has 1 aromatic heterocycles. The monoisotopic (exact) mass is 239 g/mol. The smallest absolute Gasteiger partial charge is 0.362 e. The lowest BCUT2D eigenvalue weighted by Crippen LogP contribution is -2.17. The van der Waals surface area contributed by atoms with Crippen molar-refractivity contribution in [1.82, 2.24) is 4.98 Å². The number of oxazole rings is 1. The van der Waals surface area contributed by atoms with Gasteiger partial charge in [0.05, 0.1) is 6.61 Å². The summed E-state index contributed by atoms with van der Waals surface area (Å²) in [6.45, 7) is 4.21. The first-order chi connectivity index (χ1) is 8.07. The second-order valence-electron chi connectivity index (χ2n) is 4.66. The van der Waals surface area contributed by atoms with Crippen LogP contribution >= 0.6 is 0 Å². The van der Waals surface area contributed by atoms with Crippen molar-refractivity contribution >= 4 is 5.97 Å². The average Bonchev–Trinajstić information content (AvgIpc) is 2.86. The topological polar surface area (TPSA) is 72.6 Å². The van der Waals surface area contributed by atoms with Gasteiger partial charge >= 0.3 is 11.9 Å². The van der Waals surface area contributed by atoms with Crippen molar-refractivity contribution in [3.05, 3.63) is 11.6 Å². The first-order valence-corrected chi connectivity index (χ1v) is 5.94. The number of carbonyl (C=O) groups is 1. The van der Waals surface area contributed by atoms with Gasteiger partial charge < -0.3 is 14.3 Å². The lowest BCUT2D eigenvalue weighted by Gasteiger charge is -2.17. The molecule has 17 heavy (non-hydrogen) atoms. The van der Waals surface area contributed by atoms with Gasteiger partial charge in [-0.3, -0.25) is 0 Å². The van der Waals surface area contributed by atoms with Crippen LogP contribution in [0.15, 0.2) is 4.42 Å². The Hall–Kier alpha value is -1.52. The van der Waals surface area contributed by atoms with Gasteiger partial charge in [-0.05, 0) is 19.8 Å². The van der Waals surface area contributed by atoms with Crippen molar-refractivity contribution in [2.75, 3.05) is 6.61 Å². The molecule has 1 N–H and O–H groups in total. The molecule has 1 saturated carbocycles. The molecular formula is C12H17NO4. The average molecular weight is 239 g/mol. The van der Waals surface area contributed by atoms with E-state index in [0.717, 1.165) is 25.7 Å². The molecule has 0 atom stereocenters. The summed E-state index contributed by atoms with van der Waals surface area (Å²) >= 11 is 0. The maximum Gasteiger partial charge on any atom is 0.362 e. The zero-order valence-electron chi connectivity index (χ0n) is 10.2. The highest BCUT2D eigenvalue weighted by Gasteiger charge is 2.37. The Morgan fingerprint density at radius 3 is 2.71 bits per heavy atom. The van der Waals surface area contributed by atoms with Crippen LogP contribution in [0.2, 0.25) is 0 Å². The summed E-state index contributed by atoms with van der Waals surface area (Å²) in [4.78, 5) is 15.1. The highest BCUT2D eigenvalue weighted by atomic mass is 16.6. The van der Waals surface area contributed by atoms with Crippen molar-refractivity contribution in [2.24, 2.45) is 0 Å². The minimum absolute atomic E-state index is 0.0307. The minimum Gasteiger partial charge on any atom is -0.476 e. The van der Waals surface area contributed by atoms with Crippen molar-refractivity contribution in [3.63, 3.8) is 0 Å². The normalized spacial score (nSPS) is 18.2. The van der Waals surface area contributed by atoms with E-state index in [0.29, 0.717) is 12.5 Å². The van der Waals surface area contributed by atoms with E-state index in [4.69, 9.17) is 14.3 Å². The predicted octanol–water partition coefficient (Wildman–Crippen LogP) is 2.60. The molecule has 0 aliphatic heterocycles. The van der Waals surface area contributed by atoms with Crippen LogP contribution < -0.4 is 4.74 Å². The van der Waals surface area contributed by atoms with Gasteiger partial charge in [0.15, 0.2) is 0 Å². The van der Waals surface area contributed by atoms with Gasteiger partial charge in [0.25, 0.3) is 0 Å².